The molecule has 2 rings (SSSR count). The van der Waals surface area contributed by atoms with Gasteiger partial charge in [0.15, 0.2) is 0 Å². The van der Waals surface area contributed by atoms with Crippen LogP contribution in [0.15, 0.2) is 18.2 Å². The Bertz CT molecular complexity index is 393. The fraction of sp³-hybridized carbons (Fsp3) is 0.538. The zero-order chi connectivity index (χ0) is 12.4. The molecule has 1 aromatic carbocycles. The minimum absolute atomic E-state index is 0.0342. The van der Waals surface area contributed by atoms with Crippen LogP contribution in [0.25, 0.3) is 0 Å². The number of methoxy groups -OCH3 is 1. The zero-order valence-corrected chi connectivity index (χ0v) is 10.9. The van der Waals surface area contributed by atoms with E-state index in [1.54, 1.807) is 19.2 Å². The first-order valence-electron chi connectivity index (χ1n) is 5.89. The van der Waals surface area contributed by atoms with Crippen molar-refractivity contribution in [3.8, 4) is 5.75 Å². The van der Waals surface area contributed by atoms with Crippen molar-refractivity contribution >= 4 is 11.6 Å². The molecule has 0 bridgehead atoms. The molecule has 3 nitrogen and oxygen atoms in total. The third-order valence-electron chi connectivity index (χ3n) is 3.07. The summed E-state index contributed by atoms with van der Waals surface area (Å²) in [7, 11) is 1.58. The summed E-state index contributed by atoms with van der Waals surface area (Å²) < 4.78 is 5.09. The first kappa shape index (κ1) is 12.7. The lowest BCUT2D eigenvalue weighted by Crippen LogP contribution is -2.33. The van der Waals surface area contributed by atoms with Gasteiger partial charge in [0.2, 0.25) is 0 Å². The van der Waals surface area contributed by atoms with E-state index in [-0.39, 0.29) is 6.04 Å². The molecule has 0 saturated heterocycles. The Morgan fingerprint density at radius 1 is 1.47 bits per heavy atom. The highest BCUT2D eigenvalue weighted by Gasteiger charge is 2.26. The van der Waals surface area contributed by atoms with Crippen molar-refractivity contribution in [3.63, 3.8) is 0 Å². The second-order valence-corrected chi connectivity index (χ2v) is 4.98. The molecule has 2 N–H and O–H groups in total. The molecular formula is C13H18ClNO2. The first-order chi connectivity index (χ1) is 8.11. The number of benzene rings is 1. The van der Waals surface area contributed by atoms with Crippen molar-refractivity contribution in [2.45, 2.75) is 38.0 Å². The van der Waals surface area contributed by atoms with Gasteiger partial charge in [0.25, 0.3) is 0 Å². The first-order valence-corrected chi connectivity index (χ1v) is 6.27. The lowest BCUT2D eigenvalue weighted by molar-refractivity contribution is 0.135. The second-order valence-electron chi connectivity index (χ2n) is 4.57. The monoisotopic (exact) mass is 255 g/mol. The smallest absolute Gasteiger partial charge is 0.137 e. The van der Waals surface area contributed by atoms with Crippen LogP contribution < -0.4 is 10.1 Å². The third-order valence-corrected chi connectivity index (χ3v) is 3.36. The number of aliphatic hydroxyl groups excluding tert-OH is 1. The number of rotatable bonds is 5. The van der Waals surface area contributed by atoms with Gasteiger partial charge in [-0.15, -0.1) is 0 Å². The standard InChI is InChI=1S/C13H18ClNO2/c1-8(15-10-4-5-10)13(16)9-3-6-12(17-2)11(14)7-9/h3,6-8,10,13,15-16H,4-5H2,1-2H3. The number of halogens is 1. The maximum absolute atomic E-state index is 10.2. The molecule has 0 aromatic heterocycles. The van der Waals surface area contributed by atoms with Crippen molar-refractivity contribution in [1.29, 1.82) is 0 Å². The Balaban J connectivity index is 2.06. The van der Waals surface area contributed by atoms with Gasteiger partial charge < -0.3 is 15.2 Å². The van der Waals surface area contributed by atoms with Crippen LogP contribution in [-0.2, 0) is 0 Å². The number of hydrogen-bond acceptors (Lipinski definition) is 3. The van der Waals surface area contributed by atoms with Crippen LogP contribution in [0.3, 0.4) is 0 Å². The summed E-state index contributed by atoms with van der Waals surface area (Å²) >= 11 is 6.04. The largest absolute Gasteiger partial charge is 0.495 e. The topological polar surface area (TPSA) is 41.5 Å². The summed E-state index contributed by atoms with van der Waals surface area (Å²) in [5, 5.41) is 14.1. The predicted octanol–water partition coefficient (Wildman–Crippen LogP) is 2.52. The fourth-order valence-electron chi connectivity index (χ4n) is 1.87. The highest BCUT2D eigenvalue weighted by molar-refractivity contribution is 6.32. The van der Waals surface area contributed by atoms with E-state index in [0.29, 0.717) is 16.8 Å². The summed E-state index contributed by atoms with van der Waals surface area (Å²) in [5.74, 6) is 0.630. The van der Waals surface area contributed by atoms with Gasteiger partial charge in [0.05, 0.1) is 18.2 Å². The molecule has 4 heteroatoms. The van der Waals surface area contributed by atoms with E-state index < -0.39 is 6.10 Å². The fourth-order valence-corrected chi connectivity index (χ4v) is 2.13. The van der Waals surface area contributed by atoms with Crippen molar-refractivity contribution < 1.29 is 9.84 Å². The molecule has 2 atom stereocenters. The van der Waals surface area contributed by atoms with Gasteiger partial charge in [0.1, 0.15) is 5.75 Å². The lowest BCUT2D eigenvalue weighted by Gasteiger charge is -2.21. The van der Waals surface area contributed by atoms with Gasteiger partial charge in [-0.2, -0.15) is 0 Å². The average molecular weight is 256 g/mol. The summed E-state index contributed by atoms with van der Waals surface area (Å²) in [5.41, 5.74) is 0.816. The van der Waals surface area contributed by atoms with E-state index in [1.165, 1.54) is 12.8 Å². The summed E-state index contributed by atoms with van der Waals surface area (Å²) in [6, 6.07) is 6.00. The van der Waals surface area contributed by atoms with E-state index >= 15 is 0 Å². The van der Waals surface area contributed by atoms with Crippen molar-refractivity contribution in [3.05, 3.63) is 28.8 Å². The molecular weight excluding hydrogens is 238 g/mol. The normalized spacial score (nSPS) is 18.8. The third kappa shape index (κ3) is 3.12. The van der Waals surface area contributed by atoms with Crippen LogP contribution in [0.2, 0.25) is 5.02 Å². The molecule has 2 unspecified atom stereocenters. The highest BCUT2D eigenvalue weighted by Crippen LogP contribution is 2.29. The molecule has 1 saturated carbocycles. The Kier molecular flexibility index (Phi) is 3.92. The van der Waals surface area contributed by atoms with E-state index in [1.807, 2.05) is 13.0 Å². The van der Waals surface area contributed by atoms with Crippen LogP contribution in [0.4, 0.5) is 0 Å². The molecule has 1 fully saturated rings. The van der Waals surface area contributed by atoms with Crippen LogP contribution in [0, 0.1) is 0 Å². The Morgan fingerprint density at radius 3 is 2.71 bits per heavy atom. The minimum atomic E-state index is -0.543. The van der Waals surface area contributed by atoms with E-state index in [0.717, 1.165) is 5.56 Å². The van der Waals surface area contributed by atoms with Gasteiger partial charge in [-0.3, -0.25) is 0 Å². The number of nitrogens with one attached hydrogen (secondary N) is 1. The SMILES string of the molecule is COc1ccc(C(O)C(C)NC2CC2)cc1Cl. The number of hydrogen-bond donors (Lipinski definition) is 2. The van der Waals surface area contributed by atoms with E-state index in [4.69, 9.17) is 16.3 Å². The summed E-state index contributed by atoms with van der Waals surface area (Å²) in [6.07, 6.45) is 1.87. The Labute approximate surface area is 107 Å². The van der Waals surface area contributed by atoms with Crippen LogP contribution >= 0.6 is 11.6 Å². The van der Waals surface area contributed by atoms with Gasteiger partial charge in [0, 0.05) is 12.1 Å². The zero-order valence-electron chi connectivity index (χ0n) is 10.1. The molecule has 17 heavy (non-hydrogen) atoms. The van der Waals surface area contributed by atoms with Crippen LogP contribution in [0.5, 0.6) is 5.75 Å². The lowest BCUT2D eigenvalue weighted by atomic mass is 10.0. The highest BCUT2D eigenvalue weighted by atomic mass is 35.5. The minimum Gasteiger partial charge on any atom is -0.495 e. The Morgan fingerprint density at radius 2 is 2.18 bits per heavy atom. The van der Waals surface area contributed by atoms with E-state index in [9.17, 15) is 5.11 Å². The molecule has 1 aliphatic rings. The molecule has 0 heterocycles. The molecule has 1 aromatic rings. The van der Waals surface area contributed by atoms with Gasteiger partial charge in [-0.05, 0) is 37.5 Å². The van der Waals surface area contributed by atoms with Crippen molar-refractivity contribution in [1.82, 2.24) is 5.32 Å². The van der Waals surface area contributed by atoms with Crippen LogP contribution in [0.1, 0.15) is 31.4 Å². The van der Waals surface area contributed by atoms with Gasteiger partial charge >= 0.3 is 0 Å². The maximum Gasteiger partial charge on any atom is 0.137 e. The Hall–Kier alpha value is -0.770. The quantitative estimate of drug-likeness (QED) is 0.850. The number of ether oxygens (including phenoxy) is 1. The average Bonchev–Trinajstić information content (AvgIpc) is 3.11. The maximum atomic E-state index is 10.2. The molecule has 94 valence electrons. The second kappa shape index (κ2) is 5.25. The molecule has 1 aliphatic carbocycles. The van der Waals surface area contributed by atoms with Gasteiger partial charge in [-0.25, -0.2) is 0 Å². The number of aliphatic hydroxyl groups is 1. The van der Waals surface area contributed by atoms with Gasteiger partial charge in [-0.1, -0.05) is 17.7 Å². The molecule has 0 aliphatic heterocycles. The van der Waals surface area contributed by atoms with Crippen LogP contribution in [-0.4, -0.2) is 24.3 Å². The van der Waals surface area contributed by atoms with Crippen molar-refractivity contribution in [2.24, 2.45) is 0 Å². The molecule has 0 radical (unpaired) electrons. The summed E-state index contributed by atoms with van der Waals surface area (Å²) in [4.78, 5) is 0. The predicted molar refractivity (Wildman–Crippen MR) is 68.6 cm³/mol. The molecule has 0 amide bonds. The van der Waals surface area contributed by atoms with E-state index in [2.05, 4.69) is 5.32 Å². The van der Waals surface area contributed by atoms with Crippen molar-refractivity contribution in [2.75, 3.05) is 7.11 Å². The molecule has 0 spiro atoms. The summed E-state index contributed by atoms with van der Waals surface area (Å²) in [6.45, 7) is 1.99.